The number of hydrogen-bond acceptors (Lipinski definition) is 2. The highest BCUT2D eigenvalue weighted by molar-refractivity contribution is 6.33. The van der Waals surface area contributed by atoms with E-state index >= 15 is 0 Å². The highest BCUT2D eigenvalue weighted by Gasteiger charge is 2.23. The fourth-order valence-electron chi connectivity index (χ4n) is 2.61. The zero-order valence-electron chi connectivity index (χ0n) is 14.6. The maximum atomic E-state index is 13.1. The third-order valence-corrected chi connectivity index (χ3v) is 4.42. The van der Waals surface area contributed by atoms with Crippen molar-refractivity contribution in [1.29, 1.82) is 0 Å². The zero-order chi connectivity index (χ0) is 18.4. The molecule has 0 aliphatic carbocycles. The van der Waals surface area contributed by atoms with Gasteiger partial charge in [-0.1, -0.05) is 18.5 Å². The number of quaternary nitrogens is 1. The summed E-state index contributed by atoms with van der Waals surface area (Å²) in [6.45, 7) is 3.91. The maximum absolute atomic E-state index is 13.1. The number of rotatable bonds is 7. The fraction of sp³-hybridized carbons (Fsp3) is 0.316. The molecule has 2 aromatic carbocycles. The minimum absolute atomic E-state index is 0.148. The van der Waals surface area contributed by atoms with Gasteiger partial charge in [0.2, 0.25) is 0 Å². The van der Waals surface area contributed by atoms with Crippen LogP contribution in [-0.2, 0) is 4.79 Å². The molecule has 6 heteroatoms. The summed E-state index contributed by atoms with van der Waals surface area (Å²) >= 11 is 5.96. The number of methoxy groups -OCH3 is 1. The number of benzene rings is 2. The van der Waals surface area contributed by atoms with E-state index in [9.17, 15) is 9.18 Å². The minimum atomic E-state index is -0.437. The number of ether oxygens (including phenoxy) is 1. The summed E-state index contributed by atoms with van der Waals surface area (Å²) in [5.41, 5.74) is 1.54. The van der Waals surface area contributed by atoms with E-state index in [1.165, 1.54) is 18.2 Å². The van der Waals surface area contributed by atoms with Crippen LogP contribution < -0.4 is 15.4 Å². The van der Waals surface area contributed by atoms with Gasteiger partial charge in [0.1, 0.15) is 17.6 Å². The van der Waals surface area contributed by atoms with Crippen LogP contribution in [0.2, 0.25) is 5.02 Å². The average molecular weight is 366 g/mol. The van der Waals surface area contributed by atoms with Crippen molar-refractivity contribution in [2.24, 2.45) is 0 Å². The highest BCUT2D eigenvalue weighted by atomic mass is 35.5. The molecular weight excluding hydrogens is 343 g/mol. The van der Waals surface area contributed by atoms with E-state index in [1.54, 1.807) is 7.11 Å². The number of carbonyl (C=O) groups is 1. The number of nitrogens with two attached hydrogens (primary N) is 1. The second-order valence-electron chi connectivity index (χ2n) is 5.88. The van der Waals surface area contributed by atoms with Gasteiger partial charge in [0.15, 0.2) is 6.04 Å². The van der Waals surface area contributed by atoms with E-state index in [1.807, 2.05) is 36.5 Å². The van der Waals surface area contributed by atoms with Crippen LogP contribution >= 0.6 is 11.6 Å². The molecule has 1 amide bonds. The first-order valence-corrected chi connectivity index (χ1v) is 8.57. The first-order valence-electron chi connectivity index (χ1n) is 8.19. The molecule has 0 aromatic heterocycles. The highest BCUT2D eigenvalue weighted by Crippen LogP contribution is 2.22. The van der Waals surface area contributed by atoms with Crippen LogP contribution in [0.4, 0.5) is 10.1 Å². The second kappa shape index (κ2) is 8.83. The van der Waals surface area contributed by atoms with Gasteiger partial charge < -0.3 is 15.4 Å². The van der Waals surface area contributed by atoms with Crippen molar-refractivity contribution >= 4 is 23.2 Å². The normalized spacial score (nSPS) is 13.2. The number of hydrogen-bond donors (Lipinski definition) is 2. The number of halogens is 2. The molecule has 0 bridgehead atoms. The Balaban J connectivity index is 2.02. The Bertz CT molecular complexity index is 722. The monoisotopic (exact) mass is 365 g/mol. The van der Waals surface area contributed by atoms with Gasteiger partial charge in [-0.25, -0.2) is 4.39 Å². The third-order valence-electron chi connectivity index (χ3n) is 4.11. The van der Waals surface area contributed by atoms with Crippen molar-refractivity contribution in [3.05, 3.63) is 58.9 Å². The quantitative estimate of drug-likeness (QED) is 0.788. The predicted octanol–water partition coefficient (Wildman–Crippen LogP) is 3.53. The summed E-state index contributed by atoms with van der Waals surface area (Å²) in [6, 6.07) is 11.6. The van der Waals surface area contributed by atoms with Gasteiger partial charge in [-0.2, -0.15) is 0 Å². The lowest BCUT2D eigenvalue weighted by Crippen LogP contribution is -2.92. The maximum Gasteiger partial charge on any atom is 0.282 e. The van der Waals surface area contributed by atoms with Crippen LogP contribution in [0.25, 0.3) is 0 Å². The summed E-state index contributed by atoms with van der Waals surface area (Å²) < 4.78 is 18.3. The van der Waals surface area contributed by atoms with E-state index < -0.39 is 5.82 Å². The molecule has 0 fully saturated rings. The first-order chi connectivity index (χ1) is 11.9. The zero-order valence-corrected chi connectivity index (χ0v) is 15.3. The van der Waals surface area contributed by atoms with E-state index in [4.69, 9.17) is 16.3 Å². The molecule has 0 saturated heterocycles. The second-order valence-corrected chi connectivity index (χ2v) is 6.29. The standard InChI is InChI=1S/C19H22ClFN2O2/c1-4-17(13-5-8-15(25-3)9-6-13)22-12(2)19(24)23-18-10-7-14(21)11-16(18)20/h5-12,17,22H,4H2,1-3H3,(H,23,24)/p+1/t12-,17-/m1/s1. The van der Waals surface area contributed by atoms with Crippen LogP contribution in [0.15, 0.2) is 42.5 Å². The summed E-state index contributed by atoms with van der Waals surface area (Å²) in [6.07, 6.45) is 0.876. The van der Waals surface area contributed by atoms with Gasteiger partial charge >= 0.3 is 0 Å². The number of carbonyl (C=O) groups excluding carboxylic acids is 1. The number of anilines is 1. The van der Waals surface area contributed by atoms with Gasteiger partial charge in [-0.15, -0.1) is 0 Å². The Kier molecular flexibility index (Phi) is 6.79. The molecule has 0 spiro atoms. The molecule has 0 aliphatic rings. The molecule has 2 rings (SSSR count). The molecule has 0 saturated carbocycles. The fourth-order valence-corrected chi connectivity index (χ4v) is 2.82. The molecule has 25 heavy (non-hydrogen) atoms. The van der Waals surface area contributed by atoms with Crippen molar-refractivity contribution in [3.63, 3.8) is 0 Å². The van der Waals surface area contributed by atoms with Crippen LogP contribution in [-0.4, -0.2) is 19.1 Å². The van der Waals surface area contributed by atoms with Gasteiger partial charge in [0.25, 0.3) is 5.91 Å². The lowest BCUT2D eigenvalue weighted by atomic mass is 10.0. The van der Waals surface area contributed by atoms with Crippen molar-refractivity contribution < 1.29 is 19.2 Å². The molecule has 4 nitrogen and oxygen atoms in total. The Morgan fingerprint density at radius 2 is 1.96 bits per heavy atom. The summed E-state index contributed by atoms with van der Waals surface area (Å²) in [5, 5.41) is 4.94. The first kappa shape index (κ1) is 19.2. The SMILES string of the molecule is CC[C@@H]([NH2+][C@H](C)C(=O)Nc1ccc(F)cc1Cl)c1ccc(OC)cc1. The molecule has 2 atom stereocenters. The Morgan fingerprint density at radius 3 is 2.52 bits per heavy atom. The van der Waals surface area contributed by atoms with E-state index in [0.29, 0.717) is 5.69 Å². The Morgan fingerprint density at radius 1 is 1.28 bits per heavy atom. The van der Waals surface area contributed by atoms with Crippen molar-refractivity contribution in [2.45, 2.75) is 32.4 Å². The smallest absolute Gasteiger partial charge is 0.282 e. The van der Waals surface area contributed by atoms with E-state index in [2.05, 4.69) is 12.2 Å². The molecule has 0 radical (unpaired) electrons. The van der Waals surface area contributed by atoms with Gasteiger partial charge in [0, 0.05) is 12.0 Å². The minimum Gasteiger partial charge on any atom is -0.497 e. The molecule has 0 unspecified atom stereocenters. The Hall–Kier alpha value is -2.11. The molecule has 2 aromatic rings. The van der Waals surface area contributed by atoms with Crippen LogP contribution in [0, 0.1) is 5.82 Å². The van der Waals surface area contributed by atoms with Crippen molar-refractivity contribution in [2.75, 3.05) is 12.4 Å². The molecule has 134 valence electrons. The molecule has 0 aliphatic heterocycles. The number of amides is 1. The van der Waals surface area contributed by atoms with Gasteiger partial charge in [-0.05, 0) is 49.4 Å². The number of nitrogens with one attached hydrogen (secondary N) is 1. The lowest BCUT2D eigenvalue weighted by Gasteiger charge is -2.19. The third kappa shape index (κ3) is 5.18. The van der Waals surface area contributed by atoms with Gasteiger partial charge in [-0.3, -0.25) is 4.79 Å². The largest absolute Gasteiger partial charge is 0.497 e. The van der Waals surface area contributed by atoms with Crippen LogP contribution in [0.1, 0.15) is 31.9 Å². The van der Waals surface area contributed by atoms with Crippen LogP contribution in [0.3, 0.4) is 0 Å². The average Bonchev–Trinajstić information content (AvgIpc) is 2.61. The van der Waals surface area contributed by atoms with Crippen molar-refractivity contribution in [1.82, 2.24) is 0 Å². The van der Waals surface area contributed by atoms with Crippen LogP contribution in [0.5, 0.6) is 5.75 Å². The van der Waals surface area contributed by atoms with Crippen molar-refractivity contribution in [3.8, 4) is 5.75 Å². The van der Waals surface area contributed by atoms with E-state index in [0.717, 1.165) is 17.7 Å². The Labute approximate surface area is 152 Å². The molecule has 0 heterocycles. The topological polar surface area (TPSA) is 54.9 Å². The summed E-state index contributed by atoms with van der Waals surface area (Å²) in [7, 11) is 1.63. The van der Waals surface area contributed by atoms with Gasteiger partial charge in [0.05, 0.1) is 17.8 Å². The van der Waals surface area contributed by atoms with E-state index in [-0.39, 0.29) is 23.0 Å². The summed E-state index contributed by atoms with van der Waals surface area (Å²) in [4.78, 5) is 12.4. The summed E-state index contributed by atoms with van der Waals surface area (Å²) in [5.74, 6) is 0.184. The molecule has 3 N–H and O–H groups in total. The predicted molar refractivity (Wildman–Crippen MR) is 97.5 cm³/mol. The lowest BCUT2D eigenvalue weighted by molar-refractivity contribution is -0.713. The molecular formula is C19H23ClFN2O2+.